The normalized spacial score (nSPS) is 25.3. The summed E-state index contributed by atoms with van der Waals surface area (Å²) in [6.45, 7) is 9.05. The van der Waals surface area contributed by atoms with Gasteiger partial charge in [-0.3, -0.25) is 14.5 Å². The highest BCUT2D eigenvalue weighted by Crippen LogP contribution is 2.32. The number of nitrogens with zero attached hydrogens (tertiary/aromatic N) is 4. The number of aromatic nitrogens is 2. The Morgan fingerprint density at radius 1 is 1.40 bits per heavy atom. The van der Waals surface area contributed by atoms with Gasteiger partial charge < -0.3 is 14.8 Å². The van der Waals surface area contributed by atoms with E-state index >= 15 is 0 Å². The number of nitrogens with one attached hydrogen (secondary N) is 1. The van der Waals surface area contributed by atoms with Gasteiger partial charge in [0.25, 0.3) is 5.91 Å². The molecule has 0 aromatic carbocycles. The summed E-state index contributed by atoms with van der Waals surface area (Å²) in [4.78, 5) is 38.5. The van der Waals surface area contributed by atoms with Gasteiger partial charge in [0.2, 0.25) is 5.91 Å². The van der Waals surface area contributed by atoms with Crippen molar-refractivity contribution in [2.45, 2.75) is 31.7 Å². The molecule has 3 heterocycles. The zero-order chi connectivity index (χ0) is 18.0. The molecule has 3 rings (SSSR count). The third-order valence-corrected chi connectivity index (χ3v) is 5.67. The van der Waals surface area contributed by atoms with E-state index in [4.69, 9.17) is 0 Å². The first-order chi connectivity index (χ1) is 12.0. The van der Waals surface area contributed by atoms with Gasteiger partial charge in [0.1, 0.15) is 5.69 Å². The van der Waals surface area contributed by atoms with E-state index < -0.39 is 0 Å². The second-order valence-electron chi connectivity index (χ2n) is 7.13. The number of aryl methyl sites for hydroxylation is 1. The Hall–Kier alpha value is -2.15. The van der Waals surface area contributed by atoms with Crippen molar-refractivity contribution in [3.63, 3.8) is 0 Å². The molecule has 2 aliphatic rings. The average molecular weight is 345 g/mol. The minimum Gasteiger partial charge on any atom is -0.348 e. The summed E-state index contributed by atoms with van der Waals surface area (Å²) < 4.78 is 0. The molecule has 0 aliphatic carbocycles. The van der Waals surface area contributed by atoms with Crippen LogP contribution in [0.2, 0.25) is 0 Å². The third-order valence-electron chi connectivity index (χ3n) is 5.67. The monoisotopic (exact) mass is 345 g/mol. The zero-order valence-corrected chi connectivity index (χ0v) is 15.1. The molecule has 1 unspecified atom stereocenters. The van der Waals surface area contributed by atoms with Crippen LogP contribution < -0.4 is 0 Å². The van der Waals surface area contributed by atoms with Crippen molar-refractivity contribution in [3.8, 4) is 0 Å². The van der Waals surface area contributed by atoms with E-state index in [1.807, 2.05) is 16.7 Å². The molecule has 1 spiro atoms. The summed E-state index contributed by atoms with van der Waals surface area (Å²) in [5.41, 5.74) is 1.15. The smallest absolute Gasteiger partial charge is 0.274 e. The second-order valence-corrected chi connectivity index (χ2v) is 7.13. The molecule has 1 N–H and O–H groups in total. The number of H-pyrrole nitrogens is 1. The number of rotatable bonds is 3. The second kappa shape index (κ2) is 7.00. The number of likely N-dealkylation sites (tertiary alicyclic amines) is 1. The molecular weight excluding hydrogens is 318 g/mol. The van der Waals surface area contributed by atoms with Crippen molar-refractivity contribution >= 4 is 11.8 Å². The first-order valence-electron chi connectivity index (χ1n) is 8.86. The molecule has 2 amide bonds. The molecule has 25 heavy (non-hydrogen) atoms. The van der Waals surface area contributed by atoms with Crippen LogP contribution >= 0.6 is 0 Å². The molecule has 1 aromatic rings. The lowest BCUT2D eigenvalue weighted by atomic mass is 9.86. The summed E-state index contributed by atoms with van der Waals surface area (Å²) >= 11 is 0. The van der Waals surface area contributed by atoms with Gasteiger partial charge in [0.05, 0.1) is 6.33 Å². The first kappa shape index (κ1) is 17.7. The fourth-order valence-corrected chi connectivity index (χ4v) is 3.94. The van der Waals surface area contributed by atoms with Gasteiger partial charge in [-0.15, -0.1) is 6.58 Å². The van der Waals surface area contributed by atoms with E-state index in [2.05, 4.69) is 28.5 Å². The maximum Gasteiger partial charge on any atom is 0.274 e. The highest BCUT2D eigenvalue weighted by Gasteiger charge is 2.43. The van der Waals surface area contributed by atoms with Gasteiger partial charge in [-0.2, -0.15) is 0 Å². The van der Waals surface area contributed by atoms with E-state index in [1.54, 1.807) is 12.4 Å². The Morgan fingerprint density at radius 2 is 2.20 bits per heavy atom. The molecule has 7 nitrogen and oxygen atoms in total. The molecule has 2 fully saturated rings. The number of aromatic amines is 1. The maximum absolute atomic E-state index is 12.9. The minimum atomic E-state index is -0.149. The fourth-order valence-electron chi connectivity index (χ4n) is 3.94. The highest BCUT2D eigenvalue weighted by molar-refractivity contribution is 5.93. The lowest BCUT2D eigenvalue weighted by Crippen LogP contribution is -2.62. The van der Waals surface area contributed by atoms with Crippen molar-refractivity contribution in [1.29, 1.82) is 0 Å². The number of amides is 2. The Morgan fingerprint density at radius 3 is 2.88 bits per heavy atom. The molecule has 136 valence electrons. The molecule has 2 aliphatic heterocycles. The van der Waals surface area contributed by atoms with Crippen LogP contribution in [0.1, 0.15) is 35.4 Å². The lowest BCUT2D eigenvalue weighted by molar-refractivity contribution is -0.130. The molecule has 0 bridgehead atoms. The van der Waals surface area contributed by atoms with Crippen LogP contribution in [0.3, 0.4) is 0 Å². The van der Waals surface area contributed by atoms with Gasteiger partial charge >= 0.3 is 0 Å². The number of likely N-dealkylation sites (N-methyl/N-ethyl adjacent to an activating group) is 1. The number of piperazine rings is 1. The first-order valence-corrected chi connectivity index (χ1v) is 8.86. The summed E-state index contributed by atoms with van der Waals surface area (Å²) in [7, 11) is 2.11. The molecular formula is C18H27N5O2. The fraction of sp³-hybridized carbons (Fsp3) is 0.611. The van der Waals surface area contributed by atoms with Crippen LogP contribution in [-0.4, -0.2) is 81.8 Å². The van der Waals surface area contributed by atoms with E-state index in [0.717, 1.165) is 25.1 Å². The number of imidazole rings is 1. The summed E-state index contributed by atoms with van der Waals surface area (Å²) in [6, 6.07) is 0. The van der Waals surface area contributed by atoms with Crippen LogP contribution in [0, 0.1) is 6.92 Å². The third kappa shape index (κ3) is 3.33. The van der Waals surface area contributed by atoms with Crippen molar-refractivity contribution < 1.29 is 9.59 Å². The largest absolute Gasteiger partial charge is 0.348 e. The quantitative estimate of drug-likeness (QED) is 0.831. The van der Waals surface area contributed by atoms with Crippen LogP contribution in [0.5, 0.6) is 0 Å². The molecule has 1 aromatic heterocycles. The minimum absolute atomic E-state index is 0.0234. The Labute approximate surface area is 148 Å². The van der Waals surface area contributed by atoms with E-state index in [0.29, 0.717) is 38.3 Å². The van der Waals surface area contributed by atoms with Crippen LogP contribution in [0.15, 0.2) is 19.0 Å². The van der Waals surface area contributed by atoms with Crippen molar-refractivity contribution in [2.75, 3.05) is 39.8 Å². The Balaban J connectivity index is 1.78. The molecule has 2 saturated heterocycles. The summed E-state index contributed by atoms with van der Waals surface area (Å²) in [6.07, 6.45) is 5.50. The van der Waals surface area contributed by atoms with Gasteiger partial charge in [-0.25, -0.2) is 4.98 Å². The van der Waals surface area contributed by atoms with Crippen LogP contribution in [-0.2, 0) is 4.79 Å². The standard InChI is InChI=1S/C18H27N5O2/c1-4-8-22-9-7-18(6-5-15(22)24)12-23(11-10-21(18)3)17(25)16-14(2)19-13-20-16/h4,13H,1,5-12H2,2-3H3,(H,19,20). The predicted molar refractivity (Wildman–Crippen MR) is 95.2 cm³/mol. The van der Waals surface area contributed by atoms with Gasteiger partial charge in [-0.1, -0.05) is 6.08 Å². The zero-order valence-electron chi connectivity index (χ0n) is 15.1. The molecule has 0 saturated carbocycles. The molecule has 7 heteroatoms. The average Bonchev–Trinajstić information content (AvgIpc) is 2.97. The number of hydrogen-bond donors (Lipinski definition) is 1. The maximum atomic E-state index is 12.9. The Kier molecular flexibility index (Phi) is 4.94. The van der Waals surface area contributed by atoms with Crippen molar-refractivity contribution in [1.82, 2.24) is 24.7 Å². The summed E-state index contributed by atoms with van der Waals surface area (Å²) in [5.74, 6) is 0.154. The predicted octanol–water partition coefficient (Wildman–Crippen LogP) is 1.04. The van der Waals surface area contributed by atoms with Crippen molar-refractivity contribution in [3.05, 3.63) is 30.4 Å². The van der Waals surface area contributed by atoms with Crippen LogP contribution in [0.25, 0.3) is 0 Å². The Bertz CT molecular complexity index is 670. The van der Waals surface area contributed by atoms with Crippen LogP contribution in [0.4, 0.5) is 0 Å². The number of hydrogen-bond acceptors (Lipinski definition) is 4. The summed E-state index contributed by atoms with van der Waals surface area (Å²) in [5, 5.41) is 0. The van der Waals surface area contributed by atoms with E-state index in [1.165, 1.54) is 0 Å². The number of carbonyl (C=O) groups excluding carboxylic acids is 2. The molecule has 0 radical (unpaired) electrons. The highest BCUT2D eigenvalue weighted by atomic mass is 16.2. The van der Waals surface area contributed by atoms with E-state index in [9.17, 15) is 9.59 Å². The van der Waals surface area contributed by atoms with E-state index in [-0.39, 0.29) is 17.4 Å². The topological polar surface area (TPSA) is 72.5 Å². The van der Waals surface area contributed by atoms with Gasteiger partial charge in [0, 0.05) is 50.4 Å². The molecule has 1 atom stereocenters. The number of carbonyl (C=O) groups is 2. The van der Waals surface area contributed by atoms with Crippen molar-refractivity contribution in [2.24, 2.45) is 0 Å². The van der Waals surface area contributed by atoms with Gasteiger partial charge in [0.15, 0.2) is 0 Å². The lowest BCUT2D eigenvalue weighted by Gasteiger charge is -2.49. The SMILES string of the molecule is C=CCN1CCC2(CCC1=O)CN(C(=O)c1nc[nH]c1C)CCN2C. The van der Waals surface area contributed by atoms with Gasteiger partial charge in [-0.05, 0) is 26.8 Å².